The first-order valence-corrected chi connectivity index (χ1v) is 9.73. The molecular formula is C24H23N5O. The number of amidine groups is 1. The summed E-state index contributed by atoms with van der Waals surface area (Å²) >= 11 is 0. The summed E-state index contributed by atoms with van der Waals surface area (Å²) in [5, 5.41) is 17.6. The van der Waals surface area contributed by atoms with E-state index in [1.165, 1.54) is 11.1 Å². The molecule has 2 aromatic carbocycles. The van der Waals surface area contributed by atoms with Crippen LogP contribution in [0.3, 0.4) is 0 Å². The highest BCUT2D eigenvalue weighted by molar-refractivity contribution is 5.96. The Labute approximate surface area is 175 Å². The molecule has 1 aliphatic heterocycles. The van der Waals surface area contributed by atoms with Crippen LogP contribution in [0.4, 0.5) is 5.82 Å². The Balaban J connectivity index is 1.75. The van der Waals surface area contributed by atoms with E-state index in [0.29, 0.717) is 11.4 Å². The number of pyridine rings is 1. The Morgan fingerprint density at radius 1 is 1.20 bits per heavy atom. The molecule has 30 heavy (non-hydrogen) atoms. The lowest BCUT2D eigenvalue weighted by Crippen LogP contribution is -2.23. The number of nitrogens with one attached hydrogen (secondary N) is 2. The van der Waals surface area contributed by atoms with Gasteiger partial charge in [0.15, 0.2) is 0 Å². The van der Waals surface area contributed by atoms with Crippen LogP contribution in [0, 0.1) is 17.3 Å². The Morgan fingerprint density at radius 2 is 2.07 bits per heavy atom. The second-order valence-electron chi connectivity index (χ2n) is 7.39. The number of aromatic nitrogens is 1. The number of hydrogen-bond donors (Lipinski definition) is 4. The average molecular weight is 397 g/mol. The third-order valence-corrected chi connectivity index (χ3v) is 5.22. The monoisotopic (exact) mass is 397 g/mol. The van der Waals surface area contributed by atoms with Crippen molar-refractivity contribution in [1.29, 1.82) is 5.41 Å². The van der Waals surface area contributed by atoms with E-state index in [0.717, 1.165) is 41.5 Å². The van der Waals surface area contributed by atoms with Crippen molar-refractivity contribution in [1.82, 2.24) is 15.4 Å². The van der Waals surface area contributed by atoms with Gasteiger partial charge < -0.3 is 10.6 Å². The van der Waals surface area contributed by atoms with Crippen LogP contribution in [0.15, 0.2) is 54.6 Å². The average Bonchev–Trinajstić information content (AvgIpc) is 2.77. The Kier molecular flexibility index (Phi) is 5.48. The van der Waals surface area contributed by atoms with Gasteiger partial charge >= 0.3 is 0 Å². The van der Waals surface area contributed by atoms with E-state index in [1.807, 2.05) is 17.6 Å². The summed E-state index contributed by atoms with van der Waals surface area (Å²) in [7, 11) is 2.13. The van der Waals surface area contributed by atoms with Crippen molar-refractivity contribution >= 4 is 28.1 Å². The van der Waals surface area contributed by atoms with Crippen LogP contribution in [0.5, 0.6) is 0 Å². The highest BCUT2D eigenvalue weighted by atomic mass is 16.5. The van der Waals surface area contributed by atoms with Gasteiger partial charge in [-0.25, -0.2) is 4.98 Å². The van der Waals surface area contributed by atoms with Gasteiger partial charge in [-0.1, -0.05) is 36.1 Å². The second-order valence-corrected chi connectivity index (χ2v) is 7.39. The minimum atomic E-state index is -0.0756. The van der Waals surface area contributed by atoms with E-state index in [2.05, 4.69) is 47.0 Å². The van der Waals surface area contributed by atoms with Crippen molar-refractivity contribution in [3.8, 4) is 11.8 Å². The third-order valence-electron chi connectivity index (χ3n) is 5.22. The second kappa shape index (κ2) is 8.37. The van der Waals surface area contributed by atoms with Gasteiger partial charge in [0.25, 0.3) is 0 Å². The highest BCUT2D eigenvalue weighted by Gasteiger charge is 2.11. The van der Waals surface area contributed by atoms with E-state index in [4.69, 9.17) is 16.4 Å². The Bertz CT molecular complexity index is 1220. The van der Waals surface area contributed by atoms with Crippen LogP contribution >= 0.6 is 0 Å². The van der Waals surface area contributed by atoms with Crippen molar-refractivity contribution in [3.63, 3.8) is 0 Å². The van der Waals surface area contributed by atoms with Gasteiger partial charge in [0.2, 0.25) is 0 Å². The fourth-order valence-corrected chi connectivity index (χ4v) is 3.54. The molecule has 2 heterocycles. The molecule has 6 heteroatoms. The van der Waals surface area contributed by atoms with Crippen LogP contribution in [0.2, 0.25) is 0 Å². The zero-order chi connectivity index (χ0) is 21.1. The molecule has 4 rings (SSSR count). The fourth-order valence-electron chi connectivity index (χ4n) is 3.54. The van der Waals surface area contributed by atoms with E-state index in [1.54, 1.807) is 24.3 Å². The number of anilines is 1. The van der Waals surface area contributed by atoms with Gasteiger partial charge in [-0.3, -0.25) is 16.1 Å². The lowest BCUT2D eigenvalue weighted by Gasteiger charge is -2.22. The molecule has 0 saturated heterocycles. The van der Waals surface area contributed by atoms with Crippen molar-refractivity contribution in [2.75, 3.05) is 25.9 Å². The molecule has 0 saturated carbocycles. The van der Waals surface area contributed by atoms with Crippen LogP contribution in [-0.4, -0.2) is 41.1 Å². The molecule has 5 N–H and O–H groups in total. The summed E-state index contributed by atoms with van der Waals surface area (Å²) in [6.45, 7) is 2.00. The molecule has 150 valence electrons. The molecule has 0 atom stereocenters. The summed E-state index contributed by atoms with van der Waals surface area (Å²) in [5.74, 6) is 6.71. The number of rotatable bonds is 2. The number of fused-ring (bicyclic) bond motifs is 1. The largest absolute Gasteiger partial charge is 0.384 e. The Hall–Kier alpha value is -3.66. The lowest BCUT2D eigenvalue weighted by atomic mass is 9.96. The number of likely N-dealkylation sites (N-methyl/N-ethyl adjacent to an activating group) is 1. The first-order chi connectivity index (χ1) is 14.5. The smallest absolute Gasteiger partial charge is 0.149 e. The molecule has 1 aliphatic rings. The lowest BCUT2D eigenvalue weighted by molar-refractivity contribution is 0.234. The summed E-state index contributed by atoms with van der Waals surface area (Å²) in [6, 6.07) is 15.2. The quantitative estimate of drug-likeness (QED) is 0.230. The third kappa shape index (κ3) is 4.18. The minimum absolute atomic E-state index is 0.0756. The zero-order valence-electron chi connectivity index (χ0n) is 16.7. The Morgan fingerprint density at radius 3 is 2.83 bits per heavy atom. The van der Waals surface area contributed by atoms with Gasteiger partial charge in [0.1, 0.15) is 11.7 Å². The molecule has 0 fully saturated rings. The number of nitrogens with two attached hydrogens (primary N) is 1. The molecule has 1 aromatic heterocycles. The molecule has 0 radical (unpaired) electrons. The minimum Gasteiger partial charge on any atom is -0.384 e. The molecule has 0 amide bonds. The predicted octanol–water partition coefficient (Wildman–Crippen LogP) is 3.24. The van der Waals surface area contributed by atoms with E-state index < -0.39 is 0 Å². The summed E-state index contributed by atoms with van der Waals surface area (Å²) in [4.78, 5) is 6.75. The molecule has 0 aliphatic carbocycles. The maximum Gasteiger partial charge on any atom is 0.149 e. The van der Waals surface area contributed by atoms with Crippen molar-refractivity contribution in [2.24, 2.45) is 0 Å². The first-order valence-electron chi connectivity index (χ1n) is 9.73. The number of hydroxylamine groups is 1. The zero-order valence-corrected chi connectivity index (χ0v) is 16.7. The van der Waals surface area contributed by atoms with Gasteiger partial charge in [0, 0.05) is 35.2 Å². The van der Waals surface area contributed by atoms with Gasteiger partial charge in [-0.05, 0) is 54.9 Å². The first kappa shape index (κ1) is 19.6. The number of nitrogen functional groups attached to an aromatic ring is 1. The molecule has 0 unspecified atom stereocenters. The van der Waals surface area contributed by atoms with E-state index >= 15 is 0 Å². The van der Waals surface area contributed by atoms with Crippen LogP contribution in [-0.2, 0) is 0 Å². The molecular weight excluding hydrogens is 374 g/mol. The molecule has 0 bridgehead atoms. The van der Waals surface area contributed by atoms with Crippen molar-refractivity contribution < 1.29 is 5.21 Å². The SMILES string of the molecule is CN1CC=C(c2ccc3nc(N)cc(C#Cc4cccc(C(=N)NO)c4)c3c2)CC1. The normalized spacial score (nSPS) is 14.0. The summed E-state index contributed by atoms with van der Waals surface area (Å²) in [6.07, 6.45) is 3.29. The van der Waals surface area contributed by atoms with E-state index in [9.17, 15) is 0 Å². The number of benzene rings is 2. The maximum absolute atomic E-state index is 8.95. The topological polar surface area (TPSA) is 98.3 Å². The summed E-state index contributed by atoms with van der Waals surface area (Å²) < 4.78 is 0. The molecule has 6 nitrogen and oxygen atoms in total. The van der Waals surface area contributed by atoms with Crippen LogP contribution in [0.25, 0.3) is 16.5 Å². The number of nitrogens with zero attached hydrogens (tertiary/aromatic N) is 2. The molecule has 3 aromatic rings. The predicted molar refractivity (Wildman–Crippen MR) is 120 cm³/mol. The number of hydrogen-bond acceptors (Lipinski definition) is 5. The maximum atomic E-state index is 8.95. The van der Waals surface area contributed by atoms with Crippen LogP contribution in [0.1, 0.15) is 28.7 Å². The van der Waals surface area contributed by atoms with Crippen molar-refractivity contribution in [2.45, 2.75) is 6.42 Å². The van der Waals surface area contributed by atoms with Gasteiger partial charge in [-0.15, -0.1) is 0 Å². The highest BCUT2D eigenvalue weighted by Crippen LogP contribution is 2.27. The summed E-state index contributed by atoms with van der Waals surface area (Å²) in [5.41, 5.74) is 13.3. The fraction of sp³-hybridized carbons (Fsp3) is 0.167. The van der Waals surface area contributed by atoms with Crippen molar-refractivity contribution in [3.05, 3.63) is 76.9 Å². The van der Waals surface area contributed by atoms with Gasteiger partial charge in [-0.2, -0.15) is 0 Å². The van der Waals surface area contributed by atoms with Gasteiger partial charge in [0.05, 0.1) is 5.52 Å². The standard InChI is InChI=1S/C24H23N5O/c1-29-11-9-17(10-12-29)18-7-8-22-21(14-18)19(15-23(25)27-22)6-5-16-3-2-4-20(13-16)24(26)28-30/h2-4,7-9,13-15,30H,10-12H2,1H3,(H2,25,27)(H2,26,28). The van der Waals surface area contributed by atoms with Crippen LogP contribution < -0.4 is 11.2 Å². The van der Waals surface area contributed by atoms with E-state index in [-0.39, 0.29) is 5.84 Å². The molecule has 0 spiro atoms.